The lowest BCUT2D eigenvalue weighted by atomic mass is 10.0. The highest BCUT2D eigenvalue weighted by Crippen LogP contribution is 2.36. The number of pyridine rings is 2. The van der Waals surface area contributed by atoms with E-state index in [1.165, 1.54) is 18.4 Å². The smallest absolute Gasteiger partial charge is 0.356 e. The molecule has 2 amide bonds. The summed E-state index contributed by atoms with van der Waals surface area (Å²) in [6.45, 7) is 6.13. The fourth-order valence-corrected chi connectivity index (χ4v) is 4.76. The number of ether oxygens (including phenoxy) is 2. The molecule has 11 heteroatoms. The summed E-state index contributed by atoms with van der Waals surface area (Å²) < 4.78 is 11.2. The Hall–Kier alpha value is -3.57. The molecule has 0 atom stereocenters. The van der Waals surface area contributed by atoms with Crippen LogP contribution in [-0.4, -0.2) is 71.7 Å². The van der Waals surface area contributed by atoms with Crippen LogP contribution in [-0.2, 0) is 4.74 Å². The van der Waals surface area contributed by atoms with Crippen LogP contribution in [0.2, 0.25) is 0 Å². The first-order valence-corrected chi connectivity index (χ1v) is 12.7. The van der Waals surface area contributed by atoms with Gasteiger partial charge in [-0.05, 0) is 51.4 Å². The lowest BCUT2D eigenvalue weighted by molar-refractivity contribution is 0.0590. The van der Waals surface area contributed by atoms with Gasteiger partial charge in [0, 0.05) is 54.1 Å². The Labute approximate surface area is 214 Å². The Balaban J connectivity index is 1.76. The van der Waals surface area contributed by atoms with E-state index in [0.29, 0.717) is 23.8 Å². The summed E-state index contributed by atoms with van der Waals surface area (Å²) in [4.78, 5) is 40.3. The van der Waals surface area contributed by atoms with Crippen molar-refractivity contribution in [2.45, 2.75) is 32.8 Å². The van der Waals surface area contributed by atoms with Crippen molar-refractivity contribution in [3.05, 3.63) is 41.2 Å². The van der Waals surface area contributed by atoms with Gasteiger partial charge in [-0.3, -0.25) is 5.32 Å². The van der Waals surface area contributed by atoms with Gasteiger partial charge in [0.2, 0.25) is 5.88 Å². The quantitative estimate of drug-likeness (QED) is 0.458. The van der Waals surface area contributed by atoms with Gasteiger partial charge in [0.15, 0.2) is 5.69 Å². The third kappa shape index (κ3) is 6.16. The highest BCUT2D eigenvalue weighted by molar-refractivity contribution is 7.13. The molecule has 0 bridgehead atoms. The monoisotopic (exact) mass is 510 g/mol. The van der Waals surface area contributed by atoms with Crippen molar-refractivity contribution in [2.75, 3.05) is 39.1 Å². The van der Waals surface area contributed by atoms with E-state index in [9.17, 15) is 9.59 Å². The third-order valence-corrected chi connectivity index (χ3v) is 6.79. The topological polar surface area (TPSA) is 119 Å². The van der Waals surface area contributed by atoms with Crippen LogP contribution in [0.25, 0.3) is 21.7 Å². The van der Waals surface area contributed by atoms with Gasteiger partial charge in [0.05, 0.1) is 7.11 Å². The van der Waals surface area contributed by atoms with Crippen LogP contribution in [0.3, 0.4) is 0 Å². The number of carbonyl (C=O) groups excluding carboxylic acids is 2. The molecular formula is C25H30N6O4S. The molecule has 36 heavy (non-hydrogen) atoms. The zero-order valence-corrected chi connectivity index (χ0v) is 21.6. The Morgan fingerprint density at radius 2 is 1.94 bits per heavy atom. The van der Waals surface area contributed by atoms with Crippen molar-refractivity contribution in [2.24, 2.45) is 0 Å². The van der Waals surface area contributed by atoms with Gasteiger partial charge in [-0.2, -0.15) is 0 Å². The summed E-state index contributed by atoms with van der Waals surface area (Å²) in [7, 11) is 3.41. The number of likely N-dealkylation sites (tertiary alicyclic amines) is 1. The van der Waals surface area contributed by atoms with Gasteiger partial charge in [0.25, 0.3) is 0 Å². The zero-order valence-electron chi connectivity index (χ0n) is 20.8. The minimum absolute atomic E-state index is 0.0114. The van der Waals surface area contributed by atoms with Crippen molar-refractivity contribution in [3.63, 3.8) is 0 Å². The van der Waals surface area contributed by atoms with Gasteiger partial charge < -0.3 is 19.7 Å². The predicted molar refractivity (Wildman–Crippen MR) is 138 cm³/mol. The van der Waals surface area contributed by atoms with Crippen LogP contribution in [0.15, 0.2) is 29.8 Å². The van der Waals surface area contributed by atoms with Gasteiger partial charge in [-0.1, -0.05) is 0 Å². The number of esters is 1. The molecule has 10 nitrogen and oxygen atoms in total. The van der Waals surface area contributed by atoms with Gasteiger partial charge in [0.1, 0.15) is 16.9 Å². The fraction of sp³-hybridized carbons (Fsp3) is 0.400. The molecule has 0 aliphatic carbocycles. The lowest BCUT2D eigenvalue weighted by Gasteiger charge is -2.29. The molecule has 0 radical (unpaired) electrons. The summed E-state index contributed by atoms with van der Waals surface area (Å²) in [5.74, 6) is 0.185. The van der Waals surface area contributed by atoms with Gasteiger partial charge in [-0.25, -0.2) is 24.5 Å². The van der Waals surface area contributed by atoms with E-state index < -0.39 is 5.97 Å². The summed E-state index contributed by atoms with van der Waals surface area (Å²) in [6.07, 6.45) is 3.42. The van der Waals surface area contributed by atoms with Crippen molar-refractivity contribution < 1.29 is 19.1 Å². The summed E-state index contributed by atoms with van der Waals surface area (Å²) >= 11 is 1.49. The number of anilines is 1. The van der Waals surface area contributed by atoms with Gasteiger partial charge in [-0.15, -0.1) is 11.3 Å². The number of aryl methyl sites for hydroxylation is 1. The molecule has 0 spiro atoms. The number of urea groups is 1. The van der Waals surface area contributed by atoms with E-state index in [2.05, 4.69) is 37.5 Å². The molecule has 0 unspecified atom stereocenters. The molecule has 3 aromatic rings. The molecule has 0 aromatic carbocycles. The lowest BCUT2D eigenvalue weighted by Crippen LogP contribution is -2.35. The van der Waals surface area contributed by atoms with Crippen LogP contribution in [0.4, 0.5) is 10.6 Å². The first-order valence-electron chi connectivity index (χ1n) is 11.8. The molecule has 4 heterocycles. The second kappa shape index (κ2) is 11.4. The summed E-state index contributed by atoms with van der Waals surface area (Å²) in [5, 5.41) is 8.16. The second-order valence-corrected chi connectivity index (χ2v) is 9.44. The number of hydrogen-bond donors (Lipinski definition) is 2. The second-order valence-electron chi connectivity index (χ2n) is 8.58. The fourth-order valence-electron chi connectivity index (χ4n) is 3.93. The normalized spacial score (nSPS) is 14.3. The van der Waals surface area contributed by atoms with Gasteiger partial charge >= 0.3 is 12.0 Å². The summed E-state index contributed by atoms with van der Waals surface area (Å²) in [6, 6.07) is 4.90. The maximum Gasteiger partial charge on any atom is 0.356 e. The van der Waals surface area contributed by atoms with Crippen LogP contribution >= 0.6 is 11.3 Å². The number of piperidine rings is 1. The zero-order chi connectivity index (χ0) is 25.7. The Morgan fingerprint density at radius 3 is 2.61 bits per heavy atom. The molecule has 4 rings (SSSR count). The Morgan fingerprint density at radius 1 is 1.17 bits per heavy atom. The average Bonchev–Trinajstić information content (AvgIpc) is 3.31. The van der Waals surface area contributed by atoms with E-state index in [4.69, 9.17) is 9.47 Å². The SMILES string of the molecule is CCNC(=O)Nc1cc(-c2nc(C)cs2)c(-c2cc(OC3CCN(C)CC3)nc(C(=O)OC)c2)cn1. The number of nitrogens with zero attached hydrogens (tertiary/aromatic N) is 4. The van der Waals surface area contributed by atoms with E-state index >= 15 is 0 Å². The van der Waals surface area contributed by atoms with Crippen LogP contribution in [0.1, 0.15) is 35.9 Å². The molecule has 1 aliphatic heterocycles. The number of carbonyl (C=O) groups is 2. The Bertz CT molecular complexity index is 1240. The van der Waals surface area contributed by atoms with E-state index in [0.717, 1.165) is 47.8 Å². The number of rotatable bonds is 7. The molecule has 1 saturated heterocycles. The molecule has 3 aromatic heterocycles. The summed E-state index contributed by atoms with van der Waals surface area (Å²) in [5.41, 5.74) is 3.21. The minimum Gasteiger partial charge on any atom is -0.474 e. The highest BCUT2D eigenvalue weighted by atomic mass is 32.1. The first kappa shape index (κ1) is 25.5. The molecule has 2 N–H and O–H groups in total. The predicted octanol–water partition coefficient (Wildman–Crippen LogP) is 3.98. The average molecular weight is 511 g/mol. The number of thiazole rings is 1. The van der Waals surface area contributed by atoms with Crippen LogP contribution in [0, 0.1) is 6.92 Å². The Kier molecular flexibility index (Phi) is 8.11. The standard InChI is InChI=1S/C25H30N6O4S/c1-5-26-25(33)30-21-12-18(23-28-15(2)14-36-23)19(13-27-21)16-10-20(24(32)34-4)29-22(11-16)35-17-6-8-31(3)9-7-17/h10-14,17H,5-9H2,1-4H3,(H2,26,27,30,33). The molecule has 190 valence electrons. The molecule has 0 saturated carbocycles. The minimum atomic E-state index is -0.556. The number of methoxy groups -OCH3 is 1. The van der Waals surface area contributed by atoms with Crippen molar-refractivity contribution in [1.29, 1.82) is 0 Å². The number of hydrogen-bond acceptors (Lipinski definition) is 9. The van der Waals surface area contributed by atoms with Crippen LogP contribution < -0.4 is 15.4 Å². The van der Waals surface area contributed by atoms with Crippen molar-refractivity contribution in [1.82, 2.24) is 25.2 Å². The maximum absolute atomic E-state index is 12.5. The van der Waals surface area contributed by atoms with Crippen LogP contribution in [0.5, 0.6) is 5.88 Å². The van der Waals surface area contributed by atoms with Crippen molar-refractivity contribution >= 4 is 29.2 Å². The van der Waals surface area contributed by atoms with Crippen molar-refractivity contribution in [3.8, 4) is 27.6 Å². The number of amides is 2. The molecule has 1 aliphatic rings. The molecular weight excluding hydrogens is 480 g/mol. The number of nitrogens with one attached hydrogen (secondary N) is 2. The molecule has 1 fully saturated rings. The highest BCUT2D eigenvalue weighted by Gasteiger charge is 2.22. The maximum atomic E-state index is 12.5. The van der Waals surface area contributed by atoms with E-state index in [1.807, 2.05) is 25.3 Å². The first-order chi connectivity index (χ1) is 17.4. The third-order valence-electron chi connectivity index (χ3n) is 5.79. The van der Waals surface area contributed by atoms with E-state index in [-0.39, 0.29) is 17.8 Å². The number of aromatic nitrogens is 3. The van der Waals surface area contributed by atoms with E-state index in [1.54, 1.807) is 18.3 Å². The largest absolute Gasteiger partial charge is 0.474 e.